The van der Waals surface area contributed by atoms with E-state index < -0.39 is 0 Å². The summed E-state index contributed by atoms with van der Waals surface area (Å²) in [6.45, 7) is 7.32. The third kappa shape index (κ3) is 3.94. The minimum absolute atomic E-state index is 0.163. The van der Waals surface area contributed by atoms with Gasteiger partial charge in [-0.15, -0.1) is 11.3 Å². The first kappa shape index (κ1) is 18.5. The molecule has 1 aromatic carbocycles. The Hall–Kier alpha value is -2.25. The average Bonchev–Trinajstić information content (AvgIpc) is 2.91. The zero-order valence-corrected chi connectivity index (χ0v) is 16.5. The highest BCUT2D eigenvalue weighted by Gasteiger charge is 2.19. The fourth-order valence-electron chi connectivity index (χ4n) is 2.56. The summed E-state index contributed by atoms with van der Waals surface area (Å²) in [6.07, 6.45) is 0. The van der Waals surface area contributed by atoms with Crippen molar-refractivity contribution in [2.45, 2.75) is 39.8 Å². The molecule has 0 atom stereocenters. The predicted molar refractivity (Wildman–Crippen MR) is 105 cm³/mol. The number of nitrogens with one attached hydrogen (secondary N) is 1. The van der Waals surface area contributed by atoms with Gasteiger partial charge in [-0.1, -0.05) is 23.7 Å². The summed E-state index contributed by atoms with van der Waals surface area (Å²) in [5.41, 5.74) is 1.00. The van der Waals surface area contributed by atoms with Gasteiger partial charge in [-0.3, -0.25) is 9.59 Å². The number of hydrogen-bond acceptors (Lipinski definition) is 5. The Labute approximate surface area is 159 Å². The van der Waals surface area contributed by atoms with Crippen LogP contribution in [0.2, 0.25) is 5.02 Å². The quantitative estimate of drug-likeness (QED) is 0.743. The van der Waals surface area contributed by atoms with Gasteiger partial charge in [-0.25, -0.2) is 9.67 Å². The van der Waals surface area contributed by atoms with E-state index in [9.17, 15) is 9.59 Å². The van der Waals surface area contributed by atoms with Crippen molar-refractivity contribution < 1.29 is 4.79 Å². The number of nitrogens with zero attached hydrogens (tertiary/aromatic N) is 3. The van der Waals surface area contributed by atoms with Gasteiger partial charge < -0.3 is 5.32 Å². The van der Waals surface area contributed by atoms with Crippen LogP contribution >= 0.6 is 22.9 Å². The zero-order valence-electron chi connectivity index (χ0n) is 15.0. The Bertz CT molecular complexity index is 1030. The molecule has 3 rings (SSSR count). The van der Waals surface area contributed by atoms with Gasteiger partial charge in [0.25, 0.3) is 5.56 Å². The van der Waals surface area contributed by atoms with Crippen molar-refractivity contribution in [2.24, 2.45) is 0 Å². The summed E-state index contributed by atoms with van der Waals surface area (Å²) in [4.78, 5) is 29.3. The van der Waals surface area contributed by atoms with E-state index in [-0.39, 0.29) is 23.6 Å². The Kier molecular flexibility index (Phi) is 4.86. The van der Waals surface area contributed by atoms with Gasteiger partial charge >= 0.3 is 0 Å². The number of carbonyl (C=O) groups excluding carboxylic acids is 1. The van der Waals surface area contributed by atoms with Crippen molar-refractivity contribution in [3.8, 4) is 11.3 Å². The molecule has 2 heterocycles. The van der Waals surface area contributed by atoms with Crippen LogP contribution < -0.4 is 10.9 Å². The molecule has 136 valence electrons. The number of aromatic nitrogens is 3. The van der Waals surface area contributed by atoms with Gasteiger partial charge in [0.05, 0.1) is 9.71 Å². The molecule has 0 aliphatic carbocycles. The normalized spacial score (nSPS) is 11.7. The molecule has 2 aromatic heterocycles. The summed E-state index contributed by atoms with van der Waals surface area (Å²) < 4.78 is 1.88. The van der Waals surface area contributed by atoms with Gasteiger partial charge in [0.15, 0.2) is 5.52 Å². The van der Waals surface area contributed by atoms with Crippen molar-refractivity contribution in [2.75, 3.05) is 0 Å². The molecule has 0 bridgehead atoms. The topological polar surface area (TPSA) is 76.9 Å². The van der Waals surface area contributed by atoms with Crippen molar-refractivity contribution >= 4 is 39.1 Å². The minimum atomic E-state index is -0.388. The maximum Gasteiger partial charge on any atom is 0.294 e. The Morgan fingerprint density at radius 1 is 1.27 bits per heavy atom. The second kappa shape index (κ2) is 6.81. The molecule has 6 nitrogen and oxygen atoms in total. The number of thiazole rings is 1. The fourth-order valence-corrected chi connectivity index (χ4v) is 3.61. The number of halogens is 1. The number of benzene rings is 1. The van der Waals surface area contributed by atoms with Gasteiger partial charge in [0.2, 0.25) is 5.91 Å². The molecule has 1 N–H and O–H groups in total. The van der Waals surface area contributed by atoms with Crippen molar-refractivity contribution in [1.29, 1.82) is 0 Å². The van der Waals surface area contributed by atoms with Gasteiger partial charge in [0, 0.05) is 16.1 Å². The molecular weight excluding hydrogens is 372 g/mol. The second-order valence-electron chi connectivity index (χ2n) is 7.03. The van der Waals surface area contributed by atoms with Gasteiger partial charge in [-0.05, 0) is 39.8 Å². The average molecular weight is 391 g/mol. The van der Waals surface area contributed by atoms with Crippen LogP contribution in [0.5, 0.6) is 0 Å². The predicted octanol–water partition coefficient (Wildman–Crippen LogP) is 3.40. The summed E-state index contributed by atoms with van der Waals surface area (Å²) in [6, 6.07) is 7.20. The lowest BCUT2D eigenvalue weighted by molar-refractivity contribution is -0.123. The van der Waals surface area contributed by atoms with Crippen LogP contribution in [-0.4, -0.2) is 26.2 Å². The summed E-state index contributed by atoms with van der Waals surface area (Å²) >= 11 is 7.38. The smallest absolute Gasteiger partial charge is 0.294 e. The number of rotatable bonds is 3. The molecule has 0 radical (unpaired) electrons. The molecule has 0 aliphatic rings. The van der Waals surface area contributed by atoms with Crippen molar-refractivity contribution in [1.82, 2.24) is 20.1 Å². The van der Waals surface area contributed by atoms with E-state index in [1.165, 1.54) is 16.0 Å². The first-order valence-corrected chi connectivity index (χ1v) is 9.29. The number of amides is 1. The summed E-state index contributed by atoms with van der Waals surface area (Å²) in [7, 11) is 0. The molecule has 0 spiro atoms. The summed E-state index contributed by atoms with van der Waals surface area (Å²) in [5, 5.41) is 8.68. The van der Waals surface area contributed by atoms with E-state index >= 15 is 0 Å². The molecule has 8 heteroatoms. The largest absolute Gasteiger partial charge is 0.350 e. The first-order valence-electron chi connectivity index (χ1n) is 8.09. The highest BCUT2D eigenvalue weighted by Crippen LogP contribution is 2.30. The lowest BCUT2D eigenvalue weighted by Crippen LogP contribution is -2.44. The molecule has 3 aromatic rings. The molecule has 26 heavy (non-hydrogen) atoms. The lowest BCUT2D eigenvalue weighted by Gasteiger charge is -2.20. The number of fused-ring (bicyclic) bond motifs is 1. The highest BCUT2D eigenvalue weighted by molar-refractivity contribution is 7.19. The van der Waals surface area contributed by atoms with Crippen molar-refractivity contribution in [3.05, 3.63) is 44.6 Å². The molecule has 0 saturated heterocycles. The van der Waals surface area contributed by atoms with Crippen LogP contribution in [0.4, 0.5) is 0 Å². The highest BCUT2D eigenvalue weighted by atomic mass is 35.5. The second-order valence-corrected chi connectivity index (χ2v) is 8.67. The van der Waals surface area contributed by atoms with Crippen LogP contribution in [0.25, 0.3) is 21.5 Å². The first-order chi connectivity index (χ1) is 12.1. The number of carbonyl (C=O) groups is 1. The van der Waals surface area contributed by atoms with E-state index in [0.717, 1.165) is 10.6 Å². The maximum atomic E-state index is 12.7. The standard InChI is InChI=1S/C18H19ClN4O2S/c1-10-20-15-16(26-10)14(11-5-7-12(19)8-6-11)22-23(17(15)25)9-13(24)21-18(2,3)4/h5-8H,9H2,1-4H3,(H,21,24). The van der Waals surface area contributed by atoms with E-state index in [1.54, 1.807) is 12.1 Å². The maximum absolute atomic E-state index is 12.7. The Morgan fingerprint density at radius 2 is 1.92 bits per heavy atom. The van der Waals surface area contributed by atoms with Crippen LogP contribution in [0.15, 0.2) is 29.1 Å². The molecule has 1 amide bonds. The third-order valence-electron chi connectivity index (χ3n) is 3.53. The van der Waals surface area contributed by atoms with Crippen LogP contribution in [0.1, 0.15) is 25.8 Å². The van der Waals surface area contributed by atoms with E-state index in [4.69, 9.17) is 11.6 Å². The van der Waals surface area contributed by atoms with E-state index in [1.807, 2.05) is 39.8 Å². The van der Waals surface area contributed by atoms with Crippen LogP contribution in [0, 0.1) is 6.92 Å². The molecule has 0 fully saturated rings. The van der Waals surface area contributed by atoms with Gasteiger partial charge in [-0.2, -0.15) is 5.10 Å². The van der Waals surface area contributed by atoms with Crippen LogP contribution in [-0.2, 0) is 11.3 Å². The fraction of sp³-hybridized carbons (Fsp3) is 0.333. The number of hydrogen-bond donors (Lipinski definition) is 1. The summed E-state index contributed by atoms with van der Waals surface area (Å²) in [5.74, 6) is -0.277. The Balaban J connectivity index is 2.12. The van der Waals surface area contributed by atoms with E-state index in [0.29, 0.717) is 20.9 Å². The SMILES string of the molecule is Cc1nc2c(=O)n(CC(=O)NC(C)(C)C)nc(-c3ccc(Cl)cc3)c2s1. The van der Waals surface area contributed by atoms with Gasteiger partial charge in [0.1, 0.15) is 12.2 Å². The monoisotopic (exact) mass is 390 g/mol. The van der Waals surface area contributed by atoms with Crippen molar-refractivity contribution in [3.63, 3.8) is 0 Å². The minimum Gasteiger partial charge on any atom is -0.350 e. The molecule has 0 unspecified atom stereocenters. The zero-order chi connectivity index (χ0) is 19.1. The molecular formula is C18H19ClN4O2S. The molecule has 0 saturated carbocycles. The van der Waals surface area contributed by atoms with E-state index in [2.05, 4.69) is 15.4 Å². The lowest BCUT2D eigenvalue weighted by atomic mass is 10.1. The Morgan fingerprint density at radius 3 is 2.54 bits per heavy atom. The molecule has 0 aliphatic heterocycles. The third-order valence-corrected chi connectivity index (χ3v) is 4.76. The number of aryl methyl sites for hydroxylation is 1. The van der Waals surface area contributed by atoms with Crippen LogP contribution in [0.3, 0.4) is 0 Å².